The van der Waals surface area contributed by atoms with Crippen LogP contribution in [-0.4, -0.2) is 10.9 Å². The normalized spacial score (nSPS) is 10.6. The first-order chi connectivity index (χ1) is 6.45. The van der Waals surface area contributed by atoms with E-state index in [1.807, 2.05) is 22.6 Å². The van der Waals surface area contributed by atoms with E-state index in [2.05, 4.69) is 20.9 Å². The van der Waals surface area contributed by atoms with Crippen LogP contribution in [0.5, 0.6) is 0 Å². The molecule has 0 saturated heterocycles. The Labute approximate surface area is 100 Å². The number of halogens is 4. The number of hydrogen-bond donors (Lipinski definition) is 1. The van der Waals surface area contributed by atoms with Gasteiger partial charge in [-0.25, -0.2) is 13.8 Å². The fraction of sp³-hybridized carbons (Fsp3) is 0.143. The number of nitrogens with zero attached hydrogens (tertiary/aromatic N) is 1. The quantitative estimate of drug-likeness (QED) is 0.636. The number of carbonyl (C=O) groups is 1. The molecule has 0 saturated carbocycles. The Balaban J connectivity index is 3.45. The molecule has 76 valence electrons. The highest BCUT2D eigenvalue weighted by Gasteiger charge is 2.21. The van der Waals surface area contributed by atoms with Crippen molar-refractivity contribution in [1.82, 2.24) is 4.98 Å². The summed E-state index contributed by atoms with van der Waals surface area (Å²) in [5, 5.41) is 0. The zero-order chi connectivity index (χ0) is 10.9. The number of amides is 1. The van der Waals surface area contributed by atoms with Gasteiger partial charge in [-0.3, -0.25) is 4.79 Å². The number of hydrogen-bond acceptors (Lipinski definition) is 2. The third-order valence-corrected chi connectivity index (χ3v) is 3.82. The Bertz CT molecular complexity index is 386. The molecule has 0 radical (unpaired) electrons. The Morgan fingerprint density at radius 1 is 1.64 bits per heavy atom. The molecule has 14 heavy (non-hydrogen) atoms. The third kappa shape index (κ3) is 2.19. The van der Waals surface area contributed by atoms with Crippen molar-refractivity contribution in [2.24, 2.45) is 5.73 Å². The van der Waals surface area contributed by atoms with Crippen molar-refractivity contribution in [3.05, 3.63) is 25.5 Å². The van der Waals surface area contributed by atoms with Crippen LogP contribution in [-0.2, 0) is 0 Å². The van der Waals surface area contributed by atoms with Crippen molar-refractivity contribution in [2.75, 3.05) is 0 Å². The van der Waals surface area contributed by atoms with E-state index in [4.69, 9.17) is 5.73 Å². The Morgan fingerprint density at radius 2 is 2.21 bits per heavy atom. The molecule has 3 nitrogen and oxygen atoms in total. The Morgan fingerprint density at radius 3 is 2.64 bits per heavy atom. The van der Waals surface area contributed by atoms with Crippen molar-refractivity contribution in [3.63, 3.8) is 0 Å². The maximum atomic E-state index is 12.4. The van der Waals surface area contributed by atoms with Crippen LogP contribution in [0.15, 0.2) is 10.7 Å². The van der Waals surface area contributed by atoms with E-state index in [1.165, 1.54) is 0 Å². The summed E-state index contributed by atoms with van der Waals surface area (Å²) in [4.78, 5) is 14.6. The van der Waals surface area contributed by atoms with Crippen LogP contribution >= 0.6 is 38.5 Å². The zero-order valence-corrected chi connectivity index (χ0v) is 10.3. The highest BCUT2D eigenvalue weighted by molar-refractivity contribution is 14.1. The van der Waals surface area contributed by atoms with Crippen LogP contribution in [0.4, 0.5) is 8.78 Å². The van der Waals surface area contributed by atoms with E-state index in [9.17, 15) is 13.6 Å². The molecule has 1 rings (SSSR count). The lowest BCUT2D eigenvalue weighted by Crippen LogP contribution is -2.16. The number of pyridine rings is 1. The molecule has 1 aromatic rings. The molecule has 0 atom stereocenters. The number of primary amides is 1. The molecule has 0 aliphatic heterocycles. The van der Waals surface area contributed by atoms with E-state index in [1.54, 1.807) is 0 Å². The van der Waals surface area contributed by atoms with Gasteiger partial charge in [-0.1, -0.05) is 0 Å². The smallest absolute Gasteiger partial charge is 0.266 e. The van der Waals surface area contributed by atoms with Crippen LogP contribution in [0.3, 0.4) is 0 Å². The van der Waals surface area contributed by atoms with Crippen LogP contribution in [0.2, 0.25) is 0 Å². The molecular formula is C7H4BrF2IN2O. The molecule has 1 heterocycles. The third-order valence-electron chi connectivity index (χ3n) is 1.49. The second-order valence-corrected chi connectivity index (χ2v) is 4.17. The summed E-state index contributed by atoms with van der Waals surface area (Å²) < 4.78 is 25.5. The minimum Gasteiger partial charge on any atom is -0.366 e. The summed E-state index contributed by atoms with van der Waals surface area (Å²) >= 11 is 4.81. The van der Waals surface area contributed by atoms with E-state index < -0.39 is 17.9 Å². The second-order valence-electron chi connectivity index (χ2n) is 2.36. The maximum Gasteiger partial charge on any atom is 0.266 e. The van der Waals surface area contributed by atoms with Crippen molar-refractivity contribution in [1.29, 1.82) is 0 Å². The Kier molecular flexibility index (Phi) is 3.76. The molecule has 0 aromatic carbocycles. The van der Waals surface area contributed by atoms with Gasteiger partial charge in [0.2, 0.25) is 5.91 Å². The van der Waals surface area contributed by atoms with Gasteiger partial charge in [0.15, 0.2) is 0 Å². The van der Waals surface area contributed by atoms with Gasteiger partial charge in [0.1, 0.15) is 3.70 Å². The molecule has 0 fully saturated rings. The fourth-order valence-electron chi connectivity index (χ4n) is 0.893. The highest BCUT2D eigenvalue weighted by Crippen LogP contribution is 2.30. The second kappa shape index (κ2) is 4.47. The lowest BCUT2D eigenvalue weighted by Gasteiger charge is -2.08. The molecule has 1 amide bonds. The first-order valence-corrected chi connectivity index (χ1v) is 5.24. The van der Waals surface area contributed by atoms with Crippen molar-refractivity contribution in [2.45, 2.75) is 6.43 Å². The number of alkyl halides is 2. The lowest BCUT2D eigenvalue weighted by molar-refractivity contribution is 0.0984. The van der Waals surface area contributed by atoms with Gasteiger partial charge in [0.05, 0.1) is 10.0 Å². The number of carbonyl (C=O) groups excluding carboxylic acids is 1. The van der Waals surface area contributed by atoms with Gasteiger partial charge in [-0.2, -0.15) is 0 Å². The van der Waals surface area contributed by atoms with E-state index >= 15 is 0 Å². The minimum absolute atomic E-state index is 0.209. The number of rotatable bonds is 2. The van der Waals surface area contributed by atoms with E-state index in [0.29, 0.717) is 3.70 Å². The molecule has 0 bridgehead atoms. The average molecular weight is 377 g/mol. The predicted molar refractivity (Wildman–Crippen MR) is 58.1 cm³/mol. The summed E-state index contributed by atoms with van der Waals surface area (Å²) in [6, 6.07) is 0. The highest BCUT2D eigenvalue weighted by atomic mass is 127. The van der Waals surface area contributed by atoms with E-state index in [0.717, 1.165) is 6.20 Å². The molecule has 2 N–H and O–H groups in total. The average Bonchev–Trinajstić information content (AvgIpc) is 2.08. The monoisotopic (exact) mass is 376 g/mol. The minimum atomic E-state index is -2.77. The zero-order valence-electron chi connectivity index (χ0n) is 6.60. The van der Waals surface area contributed by atoms with Crippen molar-refractivity contribution in [3.8, 4) is 0 Å². The molecule has 0 unspecified atom stereocenters. The summed E-state index contributed by atoms with van der Waals surface area (Å²) in [5.74, 6) is -0.896. The molecular weight excluding hydrogens is 373 g/mol. The number of aromatic nitrogens is 1. The lowest BCUT2D eigenvalue weighted by atomic mass is 10.1. The summed E-state index contributed by atoms with van der Waals surface area (Å²) in [5.41, 5.74) is 4.33. The number of nitrogens with two attached hydrogens (primary N) is 1. The van der Waals surface area contributed by atoms with Gasteiger partial charge in [0, 0.05) is 11.8 Å². The van der Waals surface area contributed by atoms with Crippen LogP contribution in [0.1, 0.15) is 22.3 Å². The Hall–Kier alpha value is -0.310. The molecule has 0 aliphatic rings. The van der Waals surface area contributed by atoms with Gasteiger partial charge in [-0.05, 0) is 38.5 Å². The molecule has 1 aromatic heterocycles. The first kappa shape index (κ1) is 11.8. The van der Waals surface area contributed by atoms with Gasteiger partial charge in [-0.15, -0.1) is 0 Å². The molecule has 0 spiro atoms. The van der Waals surface area contributed by atoms with E-state index in [-0.39, 0.29) is 10.0 Å². The van der Waals surface area contributed by atoms with Crippen molar-refractivity contribution < 1.29 is 13.6 Å². The standard InChI is InChI=1S/C7H4BrF2IN2O/c8-4-3(7(12)14)2(5(9)10)1-13-6(4)11/h1,5H,(H2,12,14). The summed E-state index contributed by atoms with van der Waals surface area (Å²) in [6.07, 6.45) is -1.81. The van der Waals surface area contributed by atoms with Gasteiger partial charge < -0.3 is 5.73 Å². The van der Waals surface area contributed by atoms with Crippen LogP contribution in [0.25, 0.3) is 0 Å². The molecule has 7 heteroatoms. The summed E-state index contributed by atoms with van der Waals surface area (Å²) in [6.45, 7) is 0. The van der Waals surface area contributed by atoms with Crippen LogP contribution < -0.4 is 5.73 Å². The van der Waals surface area contributed by atoms with Gasteiger partial charge in [0.25, 0.3) is 6.43 Å². The molecule has 0 aliphatic carbocycles. The van der Waals surface area contributed by atoms with Crippen LogP contribution in [0, 0.1) is 3.70 Å². The summed E-state index contributed by atoms with van der Waals surface area (Å²) in [7, 11) is 0. The first-order valence-electron chi connectivity index (χ1n) is 3.37. The fourth-order valence-corrected chi connectivity index (χ4v) is 1.83. The predicted octanol–water partition coefficient (Wildman–Crippen LogP) is 2.49. The topological polar surface area (TPSA) is 56.0 Å². The maximum absolute atomic E-state index is 12.4. The largest absolute Gasteiger partial charge is 0.366 e. The van der Waals surface area contributed by atoms with Crippen molar-refractivity contribution >= 4 is 44.4 Å². The van der Waals surface area contributed by atoms with Gasteiger partial charge >= 0.3 is 0 Å². The SMILES string of the molecule is NC(=O)c1c(C(F)F)cnc(I)c1Br.